The molecular weight excluding hydrogens is 356 g/mol. The molecule has 0 bridgehead atoms. The molecule has 8 heteroatoms. The Labute approximate surface area is 153 Å². The highest BCUT2D eigenvalue weighted by molar-refractivity contribution is 7.89. The van der Waals surface area contributed by atoms with E-state index in [1.807, 2.05) is 0 Å². The van der Waals surface area contributed by atoms with Crippen molar-refractivity contribution in [3.8, 4) is 0 Å². The van der Waals surface area contributed by atoms with Gasteiger partial charge in [-0.15, -0.1) is 0 Å². The molecule has 0 radical (unpaired) electrons. The molecule has 0 aliphatic carbocycles. The first-order valence-electron chi connectivity index (χ1n) is 8.94. The molecule has 1 saturated heterocycles. The van der Waals surface area contributed by atoms with E-state index < -0.39 is 22.5 Å². The Morgan fingerprint density at radius 1 is 1.23 bits per heavy atom. The molecule has 2 aliphatic rings. The Morgan fingerprint density at radius 2 is 1.92 bits per heavy atom. The number of hydrogen-bond acceptors (Lipinski definition) is 4. The molecule has 26 heavy (non-hydrogen) atoms. The third kappa shape index (κ3) is 3.76. The second-order valence-corrected chi connectivity index (χ2v) is 9.04. The van der Waals surface area contributed by atoms with Crippen LogP contribution >= 0.6 is 0 Å². The maximum absolute atomic E-state index is 12.9. The molecule has 0 saturated carbocycles. The van der Waals surface area contributed by atoms with Crippen molar-refractivity contribution in [2.45, 2.75) is 43.9 Å². The molecule has 1 aromatic carbocycles. The lowest BCUT2D eigenvalue weighted by molar-refractivity contribution is -0.136. The lowest BCUT2D eigenvalue weighted by atomic mass is 10.0. The number of carbonyl (C=O) groups excluding carboxylic acids is 1. The Morgan fingerprint density at radius 3 is 2.58 bits per heavy atom. The van der Waals surface area contributed by atoms with Crippen molar-refractivity contribution >= 4 is 27.6 Å². The molecule has 7 nitrogen and oxygen atoms in total. The topological polar surface area (TPSA) is 95.0 Å². The van der Waals surface area contributed by atoms with Crippen LogP contribution in [0.3, 0.4) is 0 Å². The molecule has 1 aromatic rings. The van der Waals surface area contributed by atoms with E-state index in [-0.39, 0.29) is 17.2 Å². The maximum Gasteiger partial charge on any atom is 0.323 e. The summed E-state index contributed by atoms with van der Waals surface area (Å²) in [5, 5.41) is 9.08. The van der Waals surface area contributed by atoms with Gasteiger partial charge in [0.05, 0.1) is 4.90 Å². The predicted molar refractivity (Wildman–Crippen MR) is 96.5 cm³/mol. The van der Waals surface area contributed by atoms with Gasteiger partial charge in [0.2, 0.25) is 15.9 Å². The molecule has 1 amide bonds. The summed E-state index contributed by atoms with van der Waals surface area (Å²) in [5.41, 5.74) is 1.21. The molecule has 2 heterocycles. The van der Waals surface area contributed by atoms with E-state index in [2.05, 4.69) is 6.92 Å². The van der Waals surface area contributed by atoms with Crippen LogP contribution in [0.5, 0.6) is 0 Å². The van der Waals surface area contributed by atoms with Gasteiger partial charge >= 0.3 is 5.97 Å². The normalized spacial score (nSPS) is 19.9. The van der Waals surface area contributed by atoms with Crippen LogP contribution < -0.4 is 4.90 Å². The third-order valence-corrected chi connectivity index (χ3v) is 7.05. The molecule has 3 rings (SSSR count). The summed E-state index contributed by atoms with van der Waals surface area (Å²) in [6.07, 6.45) is 3.09. The molecule has 0 atom stereocenters. The number of piperidine rings is 1. The third-order valence-electron chi connectivity index (χ3n) is 5.15. The van der Waals surface area contributed by atoms with Crippen molar-refractivity contribution in [3.63, 3.8) is 0 Å². The van der Waals surface area contributed by atoms with Crippen molar-refractivity contribution in [1.29, 1.82) is 0 Å². The van der Waals surface area contributed by atoms with Crippen LogP contribution in [-0.2, 0) is 26.0 Å². The Hall–Kier alpha value is -1.93. The summed E-state index contributed by atoms with van der Waals surface area (Å²) in [7, 11) is -3.57. The van der Waals surface area contributed by atoms with Crippen molar-refractivity contribution in [2.24, 2.45) is 5.92 Å². The van der Waals surface area contributed by atoms with Crippen molar-refractivity contribution in [3.05, 3.63) is 23.8 Å². The number of carbonyl (C=O) groups is 2. The molecular formula is C18H24N2O5S. The molecule has 0 unspecified atom stereocenters. The van der Waals surface area contributed by atoms with Gasteiger partial charge in [0.25, 0.3) is 0 Å². The van der Waals surface area contributed by atoms with E-state index in [1.165, 1.54) is 15.3 Å². The highest BCUT2D eigenvalue weighted by Gasteiger charge is 2.30. The number of benzene rings is 1. The van der Waals surface area contributed by atoms with Crippen LogP contribution in [0, 0.1) is 5.92 Å². The van der Waals surface area contributed by atoms with Gasteiger partial charge in [-0.25, -0.2) is 8.42 Å². The summed E-state index contributed by atoms with van der Waals surface area (Å²) in [6, 6.07) is 4.66. The van der Waals surface area contributed by atoms with Gasteiger partial charge in [-0.1, -0.05) is 6.92 Å². The number of sulfonamides is 1. The smallest absolute Gasteiger partial charge is 0.323 e. The van der Waals surface area contributed by atoms with E-state index in [0.717, 1.165) is 12.8 Å². The Balaban J connectivity index is 1.93. The largest absolute Gasteiger partial charge is 0.480 e. The summed E-state index contributed by atoms with van der Waals surface area (Å²) >= 11 is 0. The van der Waals surface area contributed by atoms with Gasteiger partial charge in [0.1, 0.15) is 6.54 Å². The average Bonchev–Trinajstić information content (AvgIpc) is 2.74. The average molecular weight is 380 g/mol. The first kappa shape index (κ1) is 18.8. The van der Waals surface area contributed by atoms with Gasteiger partial charge in [-0.2, -0.15) is 4.31 Å². The minimum atomic E-state index is -3.57. The number of carboxylic acid groups (broad SMARTS) is 1. The standard InChI is InChI=1S/C18H24N2O5S/c1-13-7-9-19(10-8-13)26(24,25)15-5-6-16-14(11-15)3-2-4-17(21)20(16)12-18(22)23/h5-6,11,13H,2-4,7-10,12H2,1H3,(H,22,23). The van der Waals surface area contributed by atoms with Crippen LogP contribution in [0.1, 0.15) is 38.2 Å². The van der Waals surface area contributed by atoms with Gasteiger partial charge < -0.3 is 10.0 Å². The molecule has 142 valence electrons. The fourth-order valence-corrected chi connectivity index (χ4v) is 5.09. The van der Waals surface area contributed by atoms with Crippen LogP contribution in [0.2, 0.25) is 0 Å². The first-order valence-corrected chi connectivity index (χ1v) is 10.4. The number of nitrogens with zero attached hydrogens (tertiary/aromatic N) is 2. The Bertz CT molecular complexity index is 813. The lowest BCUT2D eigenvalue weighted by Crippen LogP contribution is -2.38. The first-order chi connectivity index (χ1) is 12.3. The van der Waals surface area contributed by atoms with Crippen LogP contribution in [0.4, 0.5) is 5.69 Å². The molecule has 0 spiro atoms. The number of aryl methyl sites for hydroxylation is 1. The van der Waals surface area contributed by atoms with E-state index >= 15 is 0 Å². The fraction of sp³-hybridized carbons (Fsp3) is 0.556. The summed E-state index contributed by atoms with van der Waals surface area (Å²) in [4.78, 5) is 24.8. The molecule has 1 N–H and O–H groups in total. The second kappa shape index (κ2) is 7.36. The number of aliphatic carboxylic acids is 1. The molecule has 2 aliphatic heterocycles. The predicted octanol–water partition coefficient (Wildman–Crippen LogP) is 1.86. The highest BCUT2D eigenvalue weighted by atomic mass is 32.2. The van der Waals surface area contributed by atoms with E-state index in [0.29, 0.717) is 43.1 Å². The number of anilines is 1. The molecule has 1 fully saturated rings. The van der Waals surface area contributed by atoms with Gasteiger partial charge in [0.15, 0.2) is 0 Å². The van der Waals surface area contributed by atoms with E-state index in [4.69, 9.17) is 5.11 Å². The fourth-order valence-electron chi connectivity index (χ4n) is 3.57. The van der Waals surface area contributed by atoms with E-state index in [1.54, 1.807) is 12.1 Å². The maximum atomic E-state index is 12.9. The number of rotatable bonds is 4. The minimum absolute atomic E-state index is 0.218. The number of hydrogen-bond donors (Lipinski definition) is 1. The highest BCUT2D eigenvalue weighted by Crippen LogP contribution is 2.31. The number of carboxylic acids is 1. The zero-order valence-corrected chi connectivity index (χ0v) is 15.7. The Kier molecular flexibility index (Phi) is 5.34. The quantitative estimate of drug-likeness (QED) is 0.860. The second-order valence-electron chi connectivity index (χ2n) is 7.10. The summed E-state index contributed by atoms with van der Waals surface area (Å²) < 4.78 is 27.4. The number of amides is 1. The van der Waals surface area contributed by atoms with Crippen LogP contribution in [0.25, 0.3) is 0 Å². The zero-order valence-electron chi connectivity index (χ0n) is 14.8. The monoisotopic (exact) mass is 380 g/mol. The van der Waals surface area contributed by atoms with Crippen LogP contribution in [-0.4, -0.2) is 49.3 Å². The van der Waals surface area contributed by atoms with Crippen LogP contribution in [0.15, 0.2) is 23.1 Å². The van der Waals surface area contributed by atoms with Crippen molar-refractivity contribution in [1.82, 2.24) is 4.31 Å². The summed E-state index contributed by atoms with van der Waals surface area (Å²) in [6.45, 7) is 2.75. The van der Waals surface area contributed by atoms with Gasteiger partial charge in [-0.3, -0.25) is 9.59 Å². The minimum Gasteiger partial charge on any atom is -0.480 e. The molecule has 0 aromatic heterocycles. The van der Waals surface area contributed by atoms with Crippen molar-refractivity contribution in [2.75, 3.05) is 24.5 Å². The zero-order chi connectivity index (χ0) is 18.9. The van der Waals surface area contributed by atoms with Gasteiger partial charge in [-0.05, 0) is 55.4 Å². The lowest BCUT2D eigenvalue weighted by Gasteiger charge is -2.30. The SMILES string of the molecule is CC1CCN(S(=O)(=O)c2ccc3c(c2)CCCC(=O)N3CC(=O)O)CC1. The summed E-state index contributed by atoms with van der Waals surface area (Å²) in [5.74, 6) is -0.804. The van der Waals surface area contributed by atoms with Gasteiger partial charge in [0, 0.05) is 25.2 Å². The number of fused-ring (bicyclic) bond motifs is 1. The van der Waals surface area contributed by atoms with Crippen molar-refractivity contribution < 1.29 is 23.1 Å². The van der Waals surface area contributed by atoms with E-state index in [9.17, 15) is 18.0 Å².